The predicted octanol–water partition coefficient (Wildman–Crippen LogP) is 3.52. The molecule has 0 aliphatic carbocycles. The Kier molecular flexibility index (Phi) is 6.20. The predicted molar refractivity (Wildman–Crippen MR) is 81.6 cm³/mol. The molecule has 0 saturated carbocycles. The van der Waals surface area contributed by atoms with Crippen molar-refractivity contribution in [2.24, 2.45) is 0 Å². The second kappa shape index (κ2) is 7.42. The maximum atomic E-state index is 3.46. The summed E-state index contributed by atoms with van der Waals surface area (Å²) in [4.78, 5) is 2.37. The van der Waals surface area contributed by atoms with Crippen molar-refractivity contribution in [1.82, 2.24) is 5.32 Å². The Morgan fingerprint density at radius 2 is 2.00 bits per heavy atom. The largest absolute Gasteiger partial charge is 0.374 e. The molecule has 0 aliphatic rings. The maximum Gasteiger partial charge on any atom is 0.0393 e. The SMILES string of the molecule is CCNC(C)CCCN(C)c1ccc(C)cc1C. The Balaban J connectivity index is 2.43. The quantitative estimate of drug-likeness (QED) is 0.794. The van der Waals surface area contributed by atoms with Crippen molar-refractivity contribution >= 4 is 5.69 Å². The van der Waals surface area contributed by atoms with Gasteiger partial charge in [-0.1, -0.05) is 24.6 Å². The van der Waals surface area contributed by atoms with Crippen LogP contribution >= 0.6 is 0 Å². The number of hydrogen-bond acceptors (Lipinski definition) is 2. The third-order valence-electron chi connectivity index (χ3n) is 3.45. The highest BCUT2D eigenvalue weighted by atomic mass is 15.1. The van der Waals surface area contributed by atoms with Crippen molar-refractivity contribution < 1.29 is 0 Å². The highest BCUT2D eigenvalue weighted by Crippen LogP contribution is 2.20. The molecular weight excluding hydrogens is 220 g/mol. The molecule has 102 valence electrons. The van der Waals surface area contributed by atoms with Crippen LogP contribution < -0.4 is 10.2 Å². The molecule has 0 aromatic heterocycles. The summed E-state index contributed by atoms with van der Waals surface area (Å²) in [6, 6.07) is 7.31. The van der Waals surface area contributed by atoms with Crippen molar-refractivity contribution in [2.45, 2.75) is 46.6 Å². The summed E-state index contributed by atoms with van der Waals surface area (Å²) in [6.45, 7) is 11.0. The van der Waals surface area contributed by atoms with Crippen LogP contribution in [0.25, 0.3) is 0 Å². The Hall–Kier alpha value is -1.02. The zero-order chi connectivity index (χ0) is 13.5. The molecule has 0 spiro atoms. The Morgan fingerprint density at radius 1 is 1.28 bits per heavy atom. The Morgan fingerprint density at radius 3 is 2.61 bits per heavy atom. The molecule has 0 radical (unpaired) electrons. The molecule has 0 bridgehead atoms. The van der Waals surface area contributed by atoms with Gasteiger partial charge in [0.25, 0.3) is 0 Å². The van der Waals surface area contributed by atoms with Gasteiger partial charge in [-0.15, -0.1) is 0 Å². The fraction of sp³-hybridized carbons (Fsp3) is 0.625. The molecule has 1 atom stereocenters. The van der Waals surface area contributed by atoms with Crippen molar-refractivity contribution in [3.05, 3.63) is 29.3 Å². The molecule has 0 amide bonds. The third-order valence-corrected chi connectivity index (χ3v) is 3.45. The van der Waals surface area contributed by atoms with Crippen LogP contribution in [0.2, 0.25) is 0 Å². The summed E-state index contributed by atoms with van der Waals surface area (Å²) in [7, 11) is 2.19. The van der Waals surface area contributed by atoms with E-state index in [4.69, 9.17) is 0 Å². The molecule has 1 aromatic carbocycles. The van der Waals surface area contributed by atoms with Gasteiger partial charge in [-0.05, 0) is 51.8 Å². The monoisotopic (exact) mass is 248 g/mol. The normalized spacial score (nSPS) is 12.5. The summed E-state index contributed by atoms with van der Waals surface area (Å²) in [5.41, 5.74) is 4.07. The van der Waals surface area contributed by atoms with Crippen molar-refractivity contribution in [3.8, 4) is 0 Å². The molecule has 0 heterocycles. The van der Waals surface area contributed by atoms with E-state index in [1.165, 1.54) is 29.7 Å². The topological polar surface area (TPSA) is 15.3 Å². The first-order valence-corrected chi connectivity index (χ1v) is 7.06. The Labute approximate surface area is 112 Å². The minimum Gasteiger partial charge on any atom is -0.374 e. The molecule has 1 rings (SSSR count). The highest BCUT2D eigenvalue weighted by molar-refractivity contribution is 5.53. The smallest absolute Gasteiger partial charge is 0.0393 e. The van der Waals surface area contributed by atoms with Crippen LogP contribution in [0.15, 0.2) is 18.2 Å². The van der Waals surface area contributed by atoms with Crippen LogP contribution in [0.4, 0.5) is 5.69 Å². The standard InChI is InChI=1S/C16H28N2/c1-6-17-15(4)8-7-11-18(5)16-10-9-13(2)12-14(16)3/h9-10,12,15,17H,6-8,11H2,1-5H3. The van der Waals surface area contributed by atoms with Gasteiger partial charge in [0.15, 0.2) is 0 Å². The number of nitrogens with zero attached hydrogens (tertiary/aromatic N) is 1. The van der Waals surface area contributed by atoms with Gasteiger partial charge in [0.2, 0.25) is 0 Å². The Bertz CT molecular complexity index is 360. The fourth-order valence-corrected chi connectivity index (χ4v) is 2.44. The van der Waals surface area contributed by atoms with Crippen LogP contribution in [-0.4, -0.2) is 26.2 Å². The van der Waals surface area contributed by atoms with Crippen LogP contribution in [0, 0.1) is 13.8 Å². The molecule has 0 aliphatic heterocycles. The van der Waals surface area contributed by atoms with Gasteiger partial charge in [0, 0.05) is 25.3 Å². The number of nitrogens with one attached hydrogen (secondary N) is 1. The molecule has 0 saturated heterocycles. The first-order chi connectivity index (χ1) is 8.54. The minimum absolute atomic E-state index is 0.627. The fourth-order valence-electron chi connectivity index (χ4n) is 2.44. The number of benzene rings is 1. The summed E-state index contributed by atoms with van der Waals surface area (Å²) in [5.74, 6) is 0. The summed E-state index contributed by atoms with van der Waals surface area (Å²) < 4.78 is 0. The highest BCUT2D eigenvalue weighted by Gasteiger charge is 2.05. The van der Waals surface area contributed by atoms with Crippen LogP contribution in [0.1, 0.15) is 37.8 Å². The zero-order valence-electron chi connectivity index (χ0n) is 12.6. The zero-order valence-corrected chi connectivity index (χ0v) is 12.6. The first-order valence-electron chi connectivity index (χ1n) is 7.06. The van der Waals surface area contributed by atoms with Crippen LogP contribution in [-0.2, 0) is 0 Å². The average Bonchev–Trinajstić information content (AvgIpc) is 2.29. The van der Waals surface area contributed by atoms with E-state index in [0.29, 0.717) is 6.04 Å². The minimum atomic E-state index is 0.627. The lowest BCUT2D eigenvalue weighted by atomic mass is 10.1. The van der Waals surface area contributed by atoms with Gasteiger partial charge in [-0.3, -0.25) is 0 Å². The molecule has 1 aromatic rings. The van der Waals surface area contributed by atoms with E-state index in [1.54, 1.807) is 0 Å². The molecule has 2 nitrogen and oxygen atoms in total. The van der Waals surface area contributed by atoms with Crippen LogP contribution in [0.5, 0.6) is 0 Å². The van der Waals surface area contributed by atoms with E-state index in [0.717, 1.165) is 13.1 Å². The van der Waals surface area contributed by atoms with Crippen molar-refractivity contribution in [2.75, 3.05) is 25.0 Å². The van der Waals surface area contributed by atoms with Gasteiger partial charge in [0.1, 0.15) is 0 Å². The number of hydrogen-bond donors (Lipinski definition) is 1. The van der Waals surface area contributed by atoms with Crippen molar-refractivity contribution in [1.29, 1.82) is 0 Å². The molecule has 0 fully saturated rings. The molecule has 18 heavy (non-hydrogen) atoms. The second-order valence-electron chi connectivity index (χ2n) is 5.31. The third kappa shape index (κ3) is 4.69. The summed E-state index contributed by atoms with van der Waals surface area (Å²) in [6.07, 6.45) is 2.47. The van der Waals surface area contributed by atoms with Crippen LogP contribution in [0.3, 0.4) is 0 Å². The van der Waals surface area contributed by atoms with Crippen molar-refractivity contribution in [3.63, 3.8) is 0 Å². The van der Waals surface area contributed by atoms with Gasteiger partial charge in [-0.25, -0.2) is 0 Å². The van der Waals surface area contributed by atoms with E-state index in [-0.39, 0.29) is 0 Å². The number of anilines is 1. The number of rotatable bonds is 7. The van der Waals surface area contributed by atoms with Gasteiger partial charge < -0.3 is 10.2 Å². The molecule has 2 heteroatoms. The van der Waals surface area contributed by atoms with E-state index >= 15 is 0 Å². The van der Waals surface area contributed by atoms with Gasteiger partial charge >= 0.3 is 0 Å². The molecular formula is C16H28N2. The lowest BCUT2D eigenvalue weighted by molar-refractivity contribution is 0.513. The average molecular weight is 248 g/mol. The maximum absolute atomic E-state index is 3.46. The summed E-state index contributed by atoms with van der Waals surface area (Å²) in [5, 5.41) is 3.46. The first kappa shape index (κ1) is 15.0. The summed E-state index contributed by atoms with van der Waals surface area (Å²) >= 11 is 0. The number of aryl methyl sites for hydroxylation is 2. The second-order valence-corrected chi connectivity index (χ2v) is 5.31. The lowest BCUT2D eigenvalue weighted by Crippen LogP contribution is -2.27. The van der Waals surface area contributed by atoms with Gasteiger partial charge in [-0.2, -0.15) is 0 Å². The van der Waals surface area contributed by atoms with E-state index in [1.807, 2.05) is 0 Å². The molecule has 1 N–H and O–H groups in total. The van der Waals surface area contributed by atoms with E-state index < -0.39 is 0 Å². The lowest BCUT2D eigenvalue weighted by Gasteiger charge is -2.22. The van der Waals surface area contributed by atoms with Gasteiger partial charge in [0.05, 0.1) is 0 Å². The van der Waals surface area contributed by atoms with E-state index in [2.05, 4.69) is 63.2 Å². The molecule has 1 unspecified atom stereocenters. The van der Waals surface area contributed by atoms with E-state index in [9.17, 15) is 0 Å².